The van der Waals surface area contributed by atoms with Crippen molar-refractivity contribution in [2.45, 2.75) is 31.7 Å². The lowest BCUT2D eigenvalue weighted by Gasteiger charge is -2.17. The van der Waals surface area contributed by atoms with Gasteiger partial charge in [-0.25, -0.2) is 4.98 Å². The highest BCUT2D eigenvalue weighted by atomic mass is 32.2. The highest BCUT2D eigenvalue weighted by Crippen LogP contribution is 2.31. The molecule has 0 radical (unpaired) electrons. The number of hydrogen-bond donors (Lipinski definition) is 1. The Morgan fingerprint density at radius 1 is 1.24 bits per heavy atom. The van der Waals surface area contributed by atoms with E-state index in [-0.39, 0.29) is 5.91 Å². The Morgan fingerprint density at radius 3 is 2.90 bits per heavy atom. The third kappa shape index (κ3) is 4.24. The summed E-state index contributed by atoms with van der Waals surface area (Å²) in [6.45, 7) is 4.68. The van der Waals surface area contributed by atoms with Crippen molar-refractivity contribution < 1.29 is 14.3 Å². The molecule has 6 nitrogen and oxygen atoms in total. The minimum absolute atomic E-state index is 0.229. The van der Waals surface area contributed by atoms with Crippen LogP contribution in [0.4, 0.5) is 5.69 Å². The molecule has 1 N–H and O–H groups in total. The average molecular weight is 410 g/mol. The van der Waals surface area contributed by atoms with Crippen molar-refractivity contribution in [3.05, 3.63) is 54.2 Å². The summed E-state index contributed by atoms with van der Waals surface area (Å²) < 4.78 is 13.3. The number of hydrogen-bond acceptors (Lipinski definition) is 5. The summed E-state index contributed by atoms with van der Waals surface area (Å²) >= 11 is 1.76. The molecule has 2 heterocycles. The highest BCUT2D eigenvalue weighted by Gasteiger charge is 2.18. The minimum atomic E-state index is -0.678. The topological polar surface area (TPSA) is 65.4 Å². The maximum atomic E-state index is 12.6. The van der Waals surface area contributed by atoms with E-state index in [1.807, 2.05) is 49.4 Å². The van der Waals surface area contributed by atoms with Gasteiger partial charge >= 0.3 is 0 Å². The first-order chi connectivity index (χ1) is 14.0. The van der Waals surface area contributed by atoms with Crippen LogP contribution in [0.5, 0.6) is 11.5 Å². The molecule has 0 aliphatic carbocycles. The predicted molar refractivity (Wildman–Crippen MR) is 115 cm³/mol. The first-order valence-corrected chi connectivity index (χ1v) is 10.4. The van der Waals surface area contributed by atoms with Gasteiger partial charge in [-0.3, -0.25) is 4.79 Å². The molecule has 0 bridgehead atoms. The van der Waals surface area contributed by atoms with E-state index in [0.717, 1.165) is 34.3 Å². The summed E-state index contributed by atoms with van der Waals surface area (Å²) in [5.41, 5.74) is 3.66. The first kappa shape index (κ1) is 19.4. The summed E-state index contributed by atoms with van der Waals surface area (Å²) in [5, 5.41) is 3.97. The third-order valence-electron chi connectivity index (χ3n) is 4.72. The summed E-state index contributed by atoms with van der Waals surface area (Å²) in [4.78, 5) is 17.3. The number of benzene rings is 2. The van der Waals surface area contributed by atoms with Gasteiger partial charge in [0.25, 0.3) is 5.91 Å². The second-order valence-corrected chi connectivity index (χ2v) is 8.00. The largest absolute Gasteiger partial charge is 0.493 e. The van der Waals surface area contributed by atoms with Crippen LogP contribution in [0.2, 0.25) is 0 Å². The number of carbonyl (C=O) groups excluding carboxylic acids is 1. The van der Waals surface area contributed by atoms with Gasteiger partial charge in [0.2, 0.25) is 0 Å². The number of anilines is 1. The fraction of sp³-hybridized carbons (Fsp3) is 0.273. The second-order valence-electron chi connectivity index (χ2n) is 6.94. The Morgan fingerprint density at radius 2 is 2.10 bits per heavy atom. The maximum absolute atomic E-state index is 12.6. The number of ether oxygens (including phenoxy) is 2. The van der Waals surface area contributed by atoms with Crippen molar-refractivity contribution in [3.8, 4) is 22.8 Å². The molecule has 1 unspecified atom stereocenters. The predicted octanol–water partition coefficient (Wildman–Crippen LogP) is 4.38. The molecule has 29 heavy (non-hydrogen) atoms. The number of nitrogens with zero attached hydrogens (tertiary/aromatic N) is 2. The molecule has 0 fully saturated rings. The normalized spacial score (nSPS) is 13.6. The molecule has 4 rings (SSSR count). The minimum Gasteiger partial charge on any atom is -0.493 e. The van der Waals surface area contributed by atoms with E-state index >= 15 is 0 Å². The van der Waals surface area contributed by atoms with E-state index < -0.39 is 6.10 Å². The smallest absolute Gasteiger partial charge is 0.265 e. The van der Waals surface area contributed by atoms with Crippen LogP contribution in [-0.4, -0.2) is 34.4 Å². The number of aryl methyl sites for hydroxylation is 2. The van der Waals surface area contributed by atoms with Crippen LogP contribution in [0.25, 0.3) is 11.3 Å². The monoisotopic (exact) mass is 409 g/mol. The van der Waals surface area contributed by atoms with Crippen molar-refractivity contribution in [1.29, 1.82) is 0 Å². The summed E-state index contributed by atoms with van der Waals surface area (Å²) in [6, 6.07) is 13.3. The third-order valence-corrected chi connectivity index (χ3v) is 5.69. The number of fused-ring (bicyclic) bond motifs is 1. The number of methoxy groups -OCH3 is 1. The molecule has 0 saturated heterocycles. The quantitative estimate of drug-likeness (QED) is 0.655. The Bertz CT molecular complexity index is 1030. The van der Waals surface area contributed by atoms with Crippen LogP contribution in [0.1, 0.15) is 12.5 Å². The van der Waals surface area contributed by atoms with Crippen molar-refractivity contribution in [2.75, 3.05) is 18.2 Å². The lowest BCUT2D eigenvalue weighted by Crippen LogP contribution is -2.30. The SMILES string of the molecule is COc1cc(C)ccc1OC(C)C(=O)Nc1cccc(-c2cn3c(n2)SCC3)c1. The average Bonchev–Trinajstić information content (AvgIpc) is 3.31. The van der Waals surface area contributed by atoms with E-state index in [1.165, 1.54) is 0 Å². The lowest BCUT2D eigenvalue weighted by molar-refractivity contribution is -0.122. The molecule has 1 aliphatic heterocycles. The number of amides is 1. The zero-order chi connectivity index (χ0) is 20.4. The molecule has 7 heteroatoms. The summed E-state index contributed by atoms with van der Waals surface area (Å²) in [5.74, 6) is 1.99. The summed E-state index contributed by atoms with van der Waals surface area (Å²) in [7, 11) is 1.59. The molecule has 150 valence electrons. The van der Waals surface area contributed by atoms with Crippen LogP contribution >= 0.6 is 11.8 Å². The van der Waals surface area contributed by atoms with Crippen molar-refractivity contribution >= 4 is 23.4 Å². The number of carbonyl (C=O) groups is 1. The van der Waals surface area contributed by atoms with Crippen LogP contribution in [0.15, 0.2) is 53.8 Å². The first-order valence-electron chi connectivity index (χ1n) is 9.46. The standard InChI is InChI=1S/C22H23N3O3S/c1-14-7-8-19(20(11-14)27-3)28-15(2)21(26)23-17-6-4-5-16(12-17)18-13-25-9-10-29-22(25)24-18/h4-8,11-13,15H,9-10H2,1-3H3,(H,23,26). The van der Waals surface area contributed by atoms with E-state index in [4.69, 9.17) is 9.47 Å². The molecule has 2 aromatic carbocycles. The van der Waals surface area contributed by atoms with Gasteiger partial charge in [0, 0.05) is 29.7 Å². The zero-order valence-electron chi connectivity index (χ0n) is 16.6. The maximum Gasteiger partial charge on any atom is 0.265 e. The van der Waals surface area contributed by atoms with Crippen molar-refractivity contribution in [2.24, 2.45) is 0 Å². The number of thioether (sulfide) groups is 1. The van der Waals surface area contributed by atoms with Gasteiger partial charge in [0.1, 0.15) is 0 Å². The fourth-order valence-corrected chi connectivity index (χ4v) is 4.11. The number of aromatic nitrogens is 2. The van der Waals surface area contributed by atoms with Gasteiger partial charge < -0.3 is 19.4 Å². The van der Waals surface area contributed by atoms with Gasteiger partial charge in [-0.2, -0.15) is 0 Å². The van der Waals surface area contributed by atoms with E-state index in [9.17, 15) is 4.79 Å². The molecule has 3 aromatic rings. The highest BCUT2D eigenvalue weighted by molar-refractivity contribution is 7.99. The van der Waals surface area contributed by atoms with Crippen molar-refractivity contribution in [1.82, 2.24) is 9.55 Å². The van der Waals surface area contributed by atoms with Gasteiger partial charge in [-0.05, 0) is 43.7 Å². The van der Waals surface area contributed by atoms with E-state index in [1.54, 1.807) is 25.8 Å². The van der Waals surface area contributed by atoms with Gasteiger partial charge in [-0.1, -0.05) is 30.0 Å². The Kier molecular flexibility index (Phi) is 5.49. The van der Waals surface area contributed by atoms with Crippen molar-refractivity contribution in [3.63, 3.8) is 0 Å². The molecule has 1 aromatic heterocycles. The lowest BCUT2D eigenvalue weighted by atomic mass is 10.1. The van der Waals surface area contributed by atoms with Crippen LogP contribution in [-0.2, 0) is 11.3 Å². The number of rotatable bonds is 6. The Labute approximate surface area is 174 Å². The molecular weight excluding hydrogens is 386 g/mol. The molecule has 1 aliphatic rings. The molecule has 0 spiro atoms. The van der Waals surface area contributed by atoms with Crippen LogP contribution in [0, 0.1) is 6.92 Å². The Hall–Kier alpha value is -2.93. The Balaban J connectivity index is 1.45. The van der Waals surface area contributed by atoms with E-state index in [0.29, 0.717) is 17.2 Å². The summed E-state index contributed by atoms with van der Waals surface area (Å²) in [6.07, 6.45) is 1.38. The molecule has 0 saturated carbocycles. The fourth-order valence-electron chi connectivity index (χ4n) is 3.17. The molecular formula is C22H23N3O3S. The van der Waals surface area contributed by atoms with E-state index in [2.05, 4.69) is 21.1 Å². The van der Waals surface area contributed by atoms with Crippen LogP contribution in [0.3, 0.4) is 0 Å². The number of nitrogens with one attached hydrogen (secondary N) is 1. The molecule has 1 atom stereocenters. The number of imidazole rings is 1. The van der Waals surface area contributed by atoms with Gasteiger partial charge in [0.15, 0.2) is 22.8 Å². The van der Waals surface area contributed by atoms with Gasteiger partial charge in [-0.15, -0.1) is 0 Å². The van der Waals surface area contributed by atoms with Gasteiger partial charge in [0.05, 0.1) is 12.8 Å². The zero-order valence-corrected chi connectivity index (χ0v) is 17.5. The second kappa shape index (κ2) is 8.21. The van der Waals surface area contributed by atoms with Crippen LogP contribution < -0.4 is 14.8 Å². The molecule has 1 amide bonds.